The summed E-state index contributed by atoms with van der Waals surface area (Å²) in [6.07, 6.45) is 2.63. The number of ketones is 1. The molecule has 0 aromatic heterocycles. The predicted octanol–water partition coefficient (Wildman–Crippen LogP) is 0.751. The van der Waals surface area contributed by atoms with Gasteiger partial charge in [-0.1, -0.05) is 6.92 Å². The molecule has 82 valence electrons. The first-order valence-electron chi connectivity index (χ1n) is 5.44. The minimum Gasteiger partial charge on any atom is -0.297 e. The van der Waals surface area contributed by atoms with Crippen molar-refractivity contribution in [2.24, 2.45) is 11.8 Å². The molecule has 1 aliphatic heterocycles. The van der Waals surface area contributed by atoms with Crippen LogP contribution in [0.4, 0.5) is 0 Å². The van der Waals surface area contributed by atoms with Crippen LogP contribution < -0.4 is 0 Å². The van der Waals surface area contributed by atoms with Crippen LogP contribution in [0.25, 0.3) is 0 Å². The molecule has 0 atom stereocenters. The molecule has 0 radical (unpaired) electrons. The van der Waals surface area contributed by atoms with E-state index in [0.717, 1.165) is 17.7 Å². The number of Topliss-reactive ketones (excluding diaryl/α,β-unsaturated/α-hetero) is 1. The Morgan fingerprint density at radius 1 is 1.27 bits per heavy atom. The Morgan fingerprint density at radius 3 is 2.27 bits per heavy atom. The summed E-state index contributed by atoms with van der Waals surface area (Å²) >= 11 is 0. The van der Waals surface area contributed by atoms with Crippen LogP contribution in [0.3, 0.4) is 0 Å². The van der Waals surface area contributed by atoms with Crippen LogP contribution >= 0.6 is 0 Å². The highest BCUT2D eigenvalue weighted by atomic mass is 16.2. The number of amides is 2. The molecule has 15 heavy (non-hydrogen) atoms. The van der Waals surface area contributed by atoms with E-state index in [1.54, 1.807) is 0 Å². The highest BCUT2D eigenvalue weighted by Gasteiger charge is 2.36. The molecule has 2 rings (SSSR count). The molecule has 0 unspecified atom stereocenters. The molecular weight excluding hydrogens is 194 g/mol. The van der Waals surface area contributed by atoms with Gasteiger partial charge in [-0.3, -0.25) is 19.3 Å². The molecule has 0 spiro atoms. The fraction of sp³-hybridized carbons (Fsp3) is 0.727. The minimum absolute atomic E-state index is 0.00898. The second-order valence-electron chi connectivity index (χ2n) is 4.63. The first-order valence-corrected chi connectivity index (χ1v) is 5.44. The predicted molar refractivity (Wildman–Crippen MR) is 52.8 cm³/mol. The molecule has 0 N–H and O–H groups in total. The van der Waals surface area contributed by atoms with Crippen LogP contribution in [0.5, 0.6) is 0 Å². The summed E-state index contributed by atoms with van der Waals surface area (Å²) < 4.78 is 0. The van der Waals surface area contributed by atoms with Crippen LogP contribution in [0.2, 0.25) is 0 Å². The lowest BCUT2D eigenvalue weighted by Crippen LogP contribution is -2.45. The normalized spacial score (nSPS) is 23.4. The van der Waals surface area contributed by atoms with Crippen molar-refractivity contribution in [3.63, 3.8) is 0 Å². The average molecular weight is 209 g/mol. The summed E-state index contributed by atoms with van der Waals surface area (Å²) in [6.45, 7) is 1.89. The molecule has 2 aliphatic rings. The van der Waals surface area contributed by atoms with Gasteiger partial charge in [0, 0.05) is 18.8 Å². The zero-order valence-electron chi connectivity index (χ0n) is 8.86. The van der Waals surface area contributed by atoms with E-state index < -0.39 is 0 Å². The fourth-order valence-electron chi connectivity index (χ4n) is 1.89. The Labute approximate surface area is 88.6 Å². The van der Waals surface area contributed by atoms with Gasteiger partial charge in [0.15, 0.2) is 5.78 Å². The summed E-state index contributed by atoms with van der Waals surface area (Å²) in [5, 5.41) is 0. The highest BCUT2D eigenvalue weighted by Crippen LogP contribution is 2.30. The van der Waals surface area contributed by atoms with Crippen LogP contribution in [0.15, 0.2) is 0 Å². The topological polar surface area (TPSA) is 54.5 Å². The Hall–Kier alpha value is -1.19. The number of piperidine rings is 1. The summed E-state index contributed by atoms with van der Waals surface area (Å²) in [5.41, 5.74) is 0. The molecule has 4 heteroatoms. The number of likely N-dealkylation sites (tertiary alicyclic amines) is 1. The lowest BCUT2D eigenvalue weighted by molar-refractivity contribution is -0.152. The zero-order chi connectivity index (χ0) is 11.0. The van der Waals surface area contributed by atoms with Crippen LogP contribution in [-0.4, -0.2) is 29.0 Å². The number of imide groups is 1. The van der Waals surface area contributed by atoms with Crippen LogP contribution in [0, 0.1) is 11.8 Å². The fourth-order valence-corrected chi connectivity index (χ4v) is 1.89. The summed E-state index contributed by atoms with van der Waals surface area (Å²) in [5.74, 6) is -0.0889. The molecule has 1 heterocycles. The van der Waals surface area contributed by atoms with E-state index in [1.807, 2.05) is 6.92 Å². The van der Waals surface area contributed by atoms with Crippen molar-refractivity contribution >= 4 is 17.6 Å². The third-order valence-corrected chi connectivity index (χ3v) is 2.99. The standard InChI is InChI=1S/C11H15NO3/c1-7-4-10(14)12(11(15)5-7)6-9(13)8-2-3-8/h7-8H,2-6H2,1H3. The molecule has 1 aliphatic carbocycles. The van der Waals surface area contributed by atoms with Gasteiger partial charge < -0.3 is 0 Å². The summed E-state index contributed by atoms with van der Waals surface area (Å²) in [4.78, 5) is 35.7. The van der Waals surface area contributed by atoms with Gasteiger partial charge >= 0.3 is 0 Å². The van der Waals surface area contributed by atoms with E-state index in [4.69, 9.17) is 0 Å². The molecule has 2 fully saturated rings. The Morgan fingerprint density at radius 2 is 1.80 bits per heavy atom. The smallest absolute Gasteiger partial charge is 0.229 e. The molecule has 1 saturated heterocycles. The van der Waals surface area contributed by atoms with Crippen molar-refractivity contribution in [3.8, 4) is 0 Å². The second-order valence-corrected chi connectivity index (χ2v) is 4.63. The van der Waals surface area contributed by atoms with Crippen molar-refractivity contribution < 1.29 is 14.4 Å². The van der Waals surface area contributed by atoms with Crippen molar-refractivity contribution in [1.29, 1.82) is 0 Å². The monoisotopic (exact) mass is 209 g/mol. The molecule has 0 bridgehead atoms. The highest BCUT2D eigenvalue weighted by molar-refractivity contribution is 6.01. The summed E-state index contributed by atoms with van der Waals surface area (Å²) in [7, 11) is 0. The molecule has 0 aromatic rings. The van der Waals surface area contributed by atoms with E-state index >= 15 is 0 Å². The number of carbonyl (C=O) groups excluding carboxylic acids is 3. The lowest BCUT2D eigenvalue weighted by atomic mass is 9.97. The lowest BCUT2D eigenvalue weighted by Gasteiger charge is -2.27. The third-order valence-electron chi connectivity index (χ3n) is 2.99. The van der Waals surface area contributed by atoms with E-state index in [2.05, 4.69) is 0 Å². The number of rotatable bonds is 3. The van der Waals surface area contributed by atoms with Gasteiger partial charge in [0.1, 0.15) is 0 Å². The first kappa shape index (κ1) is 10.3. The number of nitrogens with zero attached hydrogens (tertiary/aromatic N) is 1. The Kier molecular flexibility index (Phi) is 2.59. The van der Waals surface area contributed by atoms with Gasteiger partial charge in [-0.25, -0.2) is 0 Å². The minimum atomic E-state index is -0.187. The van der Waals surface area contributed by atoms with Gasteiger partial charge in [-0.05, 0) is 18.8 Å². The SMILES string of the molecule is CC1CC(=O)N(CC(=O)C2CC2)C(=O)C1. The molecule has 2 amide bonds. The van der Waals surface area contributed by atoms with E-state index in [1.165, 1.54) is 0 Å². The molecular formula is C11H15NO3. The van der Waals surface area contributed by atoms with E-state index in [-0.39, 0.29) is 36.0 Å². The van der Waals surface area contributed by atoms with Gasteiger partial charge in [0.2, 0.25) is 11.8 Å². The van der Waals surface area contributed by atoms with E-state index in [0.29, 0.717) is 12.8 Å². The van der Waals surface area contributed by atoms with Crippen molar-refractivity contribution in [2.75, 3.05) is 6.54 Å². The molecule has 1 saturated carbocycles. The second kappa shape index (κ2) is 3.76. The maximum absolute atomic E-state index is 11.5. The largest absolute Gasteiger partial charge is 0.297 e. The number of carbonyl (C=O) groups is 3. The molecule has 0 aromatic carbocycles. The van der Waals surface area contributed by atoms with Crippen molar-refractivity contribution in [2.45, 2.75) is 32.6 Å². The molecule has 4 nitrogen and oxygen atoms in total. The number of hydrogen-bond donors (Lipinski definition) is 0. The van der Waals surface area contributed by atoms with Gasteiger partial charge in [-0.15, -0.1) is 0 Å². The maximum Gasteiger partial charge on any atom is 0.229 e. The van der Waals surface area contributed by atoms with Gasteiger partial charge in [-0.2, -0.15) is 0 Å². The maximum atomic E-state index is 11.5. The van der Waals surface area contributed by atoms with Crippen molar-refractivity contribution in [3.05, 3.63) is 0 Å². The van der Waals surface area contributed by atoms with Crippen LogP contribution in [-0.2, 0) is 14.4 Å². The Balaban J connectivity index is 1.97. The Bertz CT molecular complexity index is 302. The first-order chi connectivity index (χ1) is 7.08. The van der Waals surface area contributed by atoms with Crippen molar-refractivity contribution in [1.82, 2.24) is 4.90 Å². The quantitative estimate of drug-likeness (QED) is 0.644. The van der Waals surface area contributed by atoms with E-state index in [9.17, 15) is 14.4 Å². The van der Waals surface area contributed by atoms with Crippen LogP contribution in [0.1, 0.15) is 32.6 Å². The van der Waals surface area contributed by atoms with Gasteiger partial charge in [0.05, 0.1) is 6.54 Å². The summed E-state index contributed by atoms with van der Waals surface area (Å²) in [6, 6.07) is 0. The third kappa shape index (κ3) is 2.25. The average Bonchev–Trinajstić information content (AvgIpc) is 2.93. The number of hydrogen-bond acceptors (Lipinski definition) is 3. The van der Waals surface area contributed by atoms with Gasteiger partial charge in [0.25, 0.3) is 0 Å². The zero-order valence-corrected chi connectivity index (χ0v) is 8.86.